The molecule has 9 rings (SSSR count). The van der Waals surface area contributed by atoms with Crippen molar-refractivity contribution in [3.8, 4) is 0 Å². The van der Waals surface area contributed by atoms with Gasteiger partial charge in [-0.3, -0.25) is 8.37 Å². The Morgan fingerprint density at radius 2 is 0.962 bits per heavy atom. The number of aliphatic hydroxyl groups excluding tert-OH is 2. The number of aryl methyl sites for hydroxylation is 4. The lowest BCUT2D eigenvalue weighted by atomic mass is 9.88. The van der Waals surface area contributed by atoms with Crippen molar-refractivity contribution < 1.29 is 40.3 Å². The van der Waals surface area contributed by atoms with Crippen molar-refractivity contribution in [1.82, 2.24) is 0 Å². The zero-order chi connectivity index (χ0) is 36.1. The minimum absolute atomic E-state index is 0.110. The fourth-order valence-electron chi connectivity index (χ4n) is 8.71. The van der Waals surface area contributed by atoms with Crippen molar-refractivity contribution in [2.75, 3.05) is 9.80 Å². The van der Waals surface area contributed by atoms with Crippen LogP contribution in [0.5, 0.6) is 0 Å². The van der Waals surface area contributed by atoms with Gasteiger partial charge >= 0.3 is 11.4 Å². The number of fused-ring (bicyclic) bond motifs is 5. The van der Waals surface area contributed by atoms with Crippen LogP contribution in [0.4, 0.5) is 40.3 Å². The van der Waals surface area contributed by atoms with E-state index in [0.717, 1.165) is 70.7 Å². The standard InChI is InChI=1S/C20H19F2NO3S.C20H21F2NO2/c21-14-6-8-16-12(10-14)4-5-13-11-15(22)7-9-17(13)23(16)18-2-1-3-19-20(18)26-27(24)25-19;21-14-6-8-16-12(10-14)4-5-13-11-15(22)7-9-17(13)23(16)18-2-1-3-19(24)20(18)25/h6-11,18-20H,1-5H2;6-11,18-20,24-25H,1-5H2/t18-,19-,20+,27?;18-,19-,20+/m11/s1. The first-order valence-corrected chi connectivity index (χ1v) is 19.0. The Balaban J connectivity index is 0.000000149. The highest BCUT2D eigenvalue weighted by Gasteiger charge is 2.47. The maximum absolute atomic E-state index is 13.9. The molecule has 52 heavy (non-hydrogen) atoms. The summed E-state index contributed by atoms with van der Waals surface area (Å²) in [5.41, 5.74) is 6.88. The zero-order valence-electron chi connectivity index (χ0n) is 28.4. The number of anilines is 4. The summed E-state index contributed by atoms with van der Waals surface area (Å²) in [5.74, 6) is -1.18. The first-order chi connectivity index (χ1) is 25.1. The number of nitrogens with zero attached hydrogens (tertiary/aromatic N) is 2. The Kier molecular flexibility index (Phi) is 9.86. The molecule has 4 aromatic carbocycles. The minimum Gasteiger partial charge on any atom is -0.390 e. The second kappa shape index (κ2) is 14.5. The van der Waals surface area contributed by atoms with Crippen LogP contribution in [0.2, 0.25) is 0 Å². The van der Waals surface area contributed by atoms with Crippen molar-refractivity contribution in [3.05, 3.63) is 118 Å². The van der Waals surface area contributed by atoms with Gasteiger partial charge in [-0.25, -0.2) is 17.6 Å². The summed E-state index contributed by atoms with van der Waals surface area (Å²) in [6.07, 6.45) is 4.84. The lowest BCUT2D eigenvalue weighted by Crippen LogP contribution is -2.50. The Labute approximate surface area is 302 Å². The van der Waals surface area contributed by atoms with E-state index in [1.165, 1.54) is 36.4 Å². The molecular formula is C40H40F4N2O5S. The van der Waals surface area contributed by atoms with Gasteiger partial charge in [0.2, 0.25) is 0 Å². The summed E-state index contributed by atoms with van der Waals surface area (Å²) in [6, 6.07) is 18.4. The second-order valence-electron chi connectivity index (χ2n) is 14.3. The van der Waals surface area contributed by atoms with Gasteiger partial charge in [0.05, 0.1) is 18.2 Å². The number of aliphatic hydroxyl groups is 2. The van der Waals surface area contributed by atoms with Crippen LogP contribution in [0, 0.1) is 23.3 Å². The smallest absolute Gasteiger partial charge is 0.305 e. The molecule has 1 unspecified atom stereocenters. The molecule has 7 atom stereocenters. The van der Waals surface area contributed by atoms with E-state index in [0.29, 0.717) is 38.5 Å². The second-order valence-corrected chi connectivity index (χ2v) is 15.1. The van der Waals surface area contributed by atoms with E-state index in [4.69, 9.17) is 8.37 Å². The minimum atomic E-state index is -1.74. The van der Waals surface area contributed by atoms with Crippen LogP contribution >= 0.6 is 0 Å². The molecule has 3 aliphatic heterocycles. The summed E-state index contributed by atoms with van der Waals surface area (Å²) >= 11 is -1.74. The highest BCUT2D eigenvalue weighted by atomic mass is 32.2. The summed E-state index contributed by atoms with van der Waals surface area (Å²) in [5, 5.41) is 20.7. The quantitative estimate of drug-likeness (QED) is 0.205. The van der Waals surface area contributed by atoms with Crippen molar-refractivity contribution in [1.29, 1.82) is 0 Å². The van der Waals surface area contributed by atoms with E-state index < -0.39 is 23.6 Å². The molecule has 0 aromatic heterocycles. The third-order valence-corrected chi connectivity index (χ3v) is 11.9. The van der Waals surface area contributed by atoms with Crippen molar-refractivity contribution in [2.45, 2.75) is 101 Å². The zero-order valence-corrected chi connectivity index (χ0v) is 29.2. The van der Waals surface area contributed by atoms with Crippen LogP contribution in [-0.4, -0.2) is 50.9 Å². The number of rotatable bonds is 2. The molecule has 0 bridgehead atoms. The molecular weight excluding hydrogens is 697 g/mol. The van der Waals surface area contributed by atoms with E-state index in [-0.39, 0.29) is 47.6 Å². The largest absolute Gasteiger partial charge is 0.390 e. The molecule has 274 valence electrons. The predicted octanol–water partition coefficient (Wildman–Crippen LogP) is 7.59. The lowest BCUT2D eigenvalue weighted by Gasteiger charge is -2.41. The van der Waals surface area contributed by atoms with Gasteiger partial charge in [-0.15, -0.1) is 0 Å². The first kappa shape index (κ1) is 35.2. The van der Waals surface area contributed by atoms with E-state index in [1.807, 2.05) is 4.90 Å². The molecule has 3 heterocycles. The van der Waals surface area contributed by atoms with Gasteiger partial charge in [0.15, 0.2) is 0 Å². The van der Waals surface area contributed by atoms with Crippen molar-refractivity contribution >= 4 is 34.1 Å². The van der Waals surface area contributed by atoms with Gasteiger partial charge in [0.25, 0.3) is 0 Å². The Hall–Kier alpha value is -3.81. The van der Waals surface area contributed by atoms with Crippen molar-refractivity contribution in [3.63, 3.8) is 0 Å². The monoisotopic (exact) mass is 736 g/mol. The summed E-state index contributed by atoms with van der Waals surface area (Å²) in [6.45, 7) is 0. The van der Waals surface area contributed by atoms with Gasteiger partial charge in [0.1, 0.15) is 41.6 Å². The van der Waals surface area contributed by atoms with Crippen LogP contribution in [0.3, 0.4) is 0 Å². The van der Waals surface area contributed by atoms with Gasteiger partial charge in [-0.2, -0.15) is 4.21 Å². The topological polar surface area (TPSA) is 82.5 Å². The van der Waals surface area contributed by atoms with E-state index in [2.05, 4.69) is 4.90 Å². The maximum Gasteiger partial charge on any atom is 0.305 e. The van der Waals surface area contributed by atoms with Gasteiger partial charge in [0, 0.05) is 22.7 Å². The molecule has 2 N–H and O–H groups in total. The van der Waals surface area contributed by atoms with Crippen LogP contribution in [-0.2, 0) is 45.4 Å². The van der Waals surface area contributed by atoms with Crippen LogP contribution < -0.4 is 9.80 Å². The van der Waals surface area contributed by atoms with Gasteiger partial charge < -0.3 is 20.0 Å². The summed E-state index contributed by atoms with van der Waals surface area (Å²) < 4.78 is 78.2. The Morgan fingerprint density at radius 3 is 1.42 bits per heavy atom. The molecule has 5 aliphatic rings. The van der Waals surface area contributed by atoms with E-state index >= 15 is 0 Å². The fraction of sp³-hybridized carbons (Fsp3) is 0.400. The molecule has 2 saturated carbocycles. The van der Waals surface area contributed by atoms with Crippen LogP contribution in [0.25, 0.3) is 0 Å². The molecule has 0 spiro atoms. The van der Waals surface area contributed by atoms with Crippen LogP contribution in [0.15, 0.2) is 72.8 Å². The maximum atomic E-state index is 13.9. The lowest BCUT2D eigenvalue weighted by molar-refractivity contribution is -0.0204. The predicted molar refractivity (Wildman–Crippen MR) is 190 cm³/mol. The molecule has 0 amide bonds. The fourth-order valence-corrected chi connectivity index (χ4v) is 9.60. The first-order valence-electron chi connectivity index (χ1n) is 18.0. The van der Waals surface area contributed by atoms with Crippen LogP contribution in [0.1, 0.15) is 60.8 Å². The molecule has 4 aromatic rings. The molecule has 1 saturated heterocycles. The molecule has 7 nitrogen and oxygen atoms in total. The molecule has 3 fully saturated rings. The van der Waals surface area contributed by atoms with Crippen molar-refractivity contribution in [2.24, 2.45) is 0 Å². The number of halogens is 4. The molecule has 12 heteroatoms. The average molecular weight is 737 g/mol. The van der Waals surface area contributed by atoms with Gasteiger partial charge in [-0.1, -0.05) is 0 Å². The summed E-state index contributed by atoms with van der Waals surface area (Å²) in [7, 11) is 0. The molecule has 0 radical (unpaired) electrons. The SMILES string of the molecule is O=S1O[C@H]2[C@H](N3c4ccc(F)cc4CCc4cc(F)ccc43)CCC[C@H]2O1.O[C@@H]1[C@H](O)CCC[C@H]1N1c2ccc(F)cc2CCc2cc(F)ccc21. The molecule has 2 aliphatic carbocycles. The number of hydrogen-bond donors (Lipinski definition) is 2. The third-order valence-electron chi connectivity index (χ3n) is 11.1. The highest BCUT2D eigenvalue weighted by molar-refractivity contribution is 7.75. The van der Waals surface area contributed by atoms with E-state index in [9.17, 15) is 32.0 Å². The number of benzene rings is 4. The average Bonchev–Trinajstić information content (AvgIpc) is 3.35. The Morgan fingerprint density at radius 1 is 0.558 bits per heavy atom. The van der Waals surface area contributed by atoms with E-state index in [1.54, 1.807) is 36.4 Å². The highest BCUT2D eigenvalue weighted by Crippen LogP contribution is 2.45. The third kappa shape index (κ3) is 6.75. The van der Waals surface area contributed by atoms with Gasteiger partial charge in [-0.05, 0) is 159 Å². The Bertz CT molecular complexity index is 1890. The normalized spacial score (nSPS) is 27.8. The number of hydrogen-bond acceptors (Lipinski definition) is 7. The summed E-state index contributed by atoms with van der Waals surface area (Å²) in [4.78, 5) is 4.10.